The Bertz CT molecular complexity index is 1070. The van der Waals surface area contributed by atoms with Crippen molar-refractivity contribution in [3.05, 3.63) is 77.9 Å². The molecular weight excluding hydrogens is 450 g/mol. The van der Waals surface area contributed by atoms with Gasteiger partial charge < -0.3 is 19.2 Å². The van der Waals surface area contributed by atoms with Gasteiger partial charge in [0.25, 0.3) is 8.32 Å². The first-order chi connectivity index (χ1) is 16.7. The first kappa shape index (κ1) is 26.7. The standard InChI is InChI=1S/C30H41NO3Si/c1-21(2)35(22(3)4,23(5)6)34-28-16-12-15-27(30(28)32-8)31-26-18-17-24(7)29(19-26)33-20-25-13-10-9-11-14-25/h9-19,21-23,31H,20H2,1-8H3. The summed E-state index contributed by atoms with van der Waals surface area (Å²) in [5, 5.41) is 3.53. The smallest absolute Gasteiger partial charge is 0.258 e. The van der Waals surface area contributed by atoms with E-state index in [-0.39, 0.29) is 0 Å². The number of methoxy groups -OCH3 is 1. The van der Waals surface area contributed by atoms with Crippen LogP contribution in [-0.2, 0) is 6.61 Å². The topological polar surface area (TPSA) is 39.7 Å². The summed E-state index contributed by atoms with van der Waals surface area (Å²) < 4.78 is 19.0. The normalized spacial score (nSPS) is 11.7. The van der Waals surface area contributed by atoms with E-state index in [1.165, 1.54) is 0 Å². The highest BCUT2D eigenvalue weighted by molar-refractivity contribution is 6.78. The molecule has 0 saturated heterocycles. The number of aryl methyl sites for hydroxylation is 1. The largest absolute Gasteiger partial charge is 0.540 e. The number of para-hydroxylation sites is 1. The Morgan fingerprint density at radius 1 is 0.771 bits per heavy atom. The van der Waals surface area contributed by atoms with Gasteiger partial charge in [0.05, 0.1) is 12.8 Å². The molecule has 0 saturated carbocycles. The summed E-state index contributed by atoms with van der Waals surface area (Å²) in [5.41, 5.74) is 5.49. The van der Waals surface area contributed by atoms with Crippen LogP contribution >= 0.6 is 0 Å². The predicted molar refractivity (Wildman–Crippen MR) is 150 cm³/mol. The molecule has 0 radical (unpaired) electrons. The predicted octanol–water partition coefficient (Wildman–Crippen LogP) is 8.88. The number of anilines is 2. The maximum Gasteiger partial charge on any atom is 0.258 e. The first-order valence-electron chi connectivity index (χ1n) is 12.6. The van der Waals surface area contributed by atoms with Crippen LogP contribution in [0.3, 0.4) is 0 Å². The fourth-order valence-electron chi connectivity index (χ4n) is 5.17. The van der Waals surface area contributed by atoms with Crippen LogP contribution in [0.4, 0.5) is 11.4 Å². The number of rotatable bonds is 11. The summed E-state index contributed by atoms with van der Waals surface area (Å²) in [7, 11) is -0.410. The van der Waals surface area contributed by atoms with E-state index in [9.17, 15) is 0 Å². The molecule has 0 unspecified atom stereocenters. The Morgan fingerprint density at radius 3 is 2.03 bits per heavy atom. The lowest BCUT2D eigenvalue weighted by Gasteiger charge is -2.42. The highest BCUT2D eigenvalue weighted by atomic mass is 28.4. The van der Waals surface area contributed by atoms with Crippen molar-refractivity contribution in [1.29, 1.82) is 0 Å². The van der Waals surface area contributed by atoms with Gasteiger partial charge in [0.15, 0.2) is 5.75 Å². The molecule has 3 rings (SSSR count). The zero-order valence-corrected chi connectivity index (χ0v) is 23.5. The van der Waals surface area contributed by atoms with Crippen LogP contribution in [0.25, 0.3) is 0 Å². The average molecular weight is 492 g/mol. The highest BCUT2D eigenvalue weighted by Gasteiger charge is 2.47. The molecule has 0 heterocycles. The van der Waals surface area contributed by atoms with Gasteiger partial charge in [-0.2, -0.15) is 0 Å². The number of hydrogen-bond donors (Lipinski definition) is 1. The van der Waals surface area contributed by atoms with Crippen molar-refractivity contribution >= 4 is 19.7 Å². The van der Waals surface area contributed by atoms with Crippen LogP contribution in [-0.4, -0.2) is 15.4 Å². The third-order valence-electron chi connectivity index (χ3n) is 6.88. The third kappa shape index (κ3) is 6.02. The second-order valence-electron chi connectivity index (χ2n) is 10.1. The SMILES string of the molecule is COc1c(Nc2ccc(C)c(OCc3ccccc3)c2)cccc1O[Si](C(C)C)(C(C)C)C(C)C. The number of nitrogens with one attached hydrogen (secondary N) is 1. The van der Waals surface area contributed by atoms with Gasteiger partial charge in [0, 0.05) is 11.8 Å². The molecule has 0 atom stereocenters. The lowest BCUT2D eigenvalue weighted by Crippen LogP contribution is -2.50. The van der Waals surface area contributed by atoms with Gasteiger partial charge in [-0.15, -0.1) is 0 Å². The zero-order chi connectivity index (χ0) is 25.6. The molecule has 5 heteroatoms. The molecule has 0 aliphatic heterocycles. The van der Waals surface area contributed by atoms with E-state index in [1.54, 1.807) is 7.11 Å². The molecule has 3 aromatic rings. The van der Waals surface area contributed by atoms with Crippen molar-refractivity contribution in [2.75, 3.05) is 12.4 Å². The molecule has 1 N–H and O–H groups in total. The maximum absolute atomic E-state index is 6.97. The van der Waals surface area contributed by atoms with Crippen LogP contribution in [0.5, 0.6) is 17.2 Å². The molecule has 0 spiro atoms. The summed E-state index contributed by atoms with van der Waals surface area (Å²) in [6.45, 7) is 16.4. The number of ether oxygens (including phenoxy) is 2. The van der Waals surface area contributed by atoms with Gasteiger partial charge >= 0.3 is 0 Å². The van der Waals surface area contributed by atoms with Gasteiger partial charge in [-0.05, 0) is 52.9 Å². The highest BCUT2D eigenvalue weighted by Crippen LogP contribution is 2.46. The summed E-state index contributed by atoms with van der Waals surface area (Å²) >= 11 is 0. The van der Waals surface area contributed by atoms with Crippen LogP contribution in [0, 0.1) is 6.92 Å². The molecule has 188 valence electrons. The minimum atomic E-state index is -2.12. The summed E-state index contributed by atoms with van der Waals surface area (Å²) in [5.74, 6) is 2.41. The minimum Gasteiger partial charge on any atom is -0.540 e. The lowest BCUT2D eigenvalue weighted by atomic mass is 10.2. The lowest BCUT2D eigenvalue weighted by molar-refractivity contribution is 0.304. The Hall–Kier alpha value is -2.92. The molecule has 0 aromatic heterocycles. The van der Waals surface area contributed by atoms with Gasteiger partial charge in [-0.3, -0.25) is 0 Å². The van der Waals surface area contributed by atoms with Crippen molar-refractivity contribution in [1.82, 2.24) is 0 Å². The monoisotopic (exact) mass is 491 g/mol. The average Bonchev–Trinajstić information content (AvgIpc) is 2.82. The van der Waals surface area contributed by atoms with E-state index >= 15 is 0 Å². The summed E-state index contributed by atoms with van der Waals surface area (Å²) in [4.78, 5) is 0. The van der Waals surface area contributed by atoms with Crippen molar-refractivity contribution in [2.45, 2.75) is 71.7 Å². The first-order valence-corrected chi connectivity index (χ1v) is 14.7. The van der Waals surface area contributed by atoms with Gasteiger partial charge in [0.1, 0.15) is 18.1 Å². The van der Waals surface area contributed by atoms with E-state index in [1.807, 2.05) is 42.5 Å². The van der Waals surface area contributed by atoms with Crippen molar-refractivity contribution in [3.63, 3.8) is 0 Å². The van der Waals surface area contributed by atoms with E-state index in [0.29, 0.717) is 23.2 Å². The molecule has 0 aliphatic rings. The van der Waals surface area contributed by atoms with Crippen molar-refractivity contribution in [3.8, 4) is 17.2 Å². The second kappa shape index (κ2) is 11.7. The summed E-state index contributed by atoms with van der Waals surface area (Å²) in [6, 6.07) is 22.5. The van der Waals surface area contributed by atoms with Crippen molar-refractivity contribution in [2.24, 2.45) is 0 Å². The fourth-order valence-corrected chi connectivity index (χ4v) is 10.4. The molecule has 35 heavy (non-hydrogen) atoms. The Morgan fingerprint density at radius 2 is 1.43 bits per heavy atom. The van der Waals surface area contributed by atoms with Gasteiger partial charge in [-0.1, -0.05) is 84.0 Å². The molecule has 0 aliphatic carbocycles. The fraction of sp³-hybridized carbons (Fsp3) is 0.400. The molecule has 4 nitrogen and oxygen atoms in total. The van der Waals surface area contributed by atoms with E-state index in [2.05, 4.69) is 78.0 Å². The van der Waals surface area contributed by atoms with E-state index in [4.69, 9.17) is 13.9 Å². The third-order valence-corrected chi connectivity index (χ3v) is 12.9. The number of benzene rings is 3. The zero-order valence-electron chi connectivity index (χ0n) is 22.5. The summed E-state index contributed by atoms with van der Waals surface area (Å²) in [6.07, 6.45) is 0. The van der Waals surface area contributed by atoms with Crippen molar-refractivity contribution < 1.29 is 13.9 Å². The van der Waals surface area contributed by atoms with Crippen LogP contribution in [0.1, 0.15) is 52.7 Å². The molecule has 0 amide bonds. The van der Waals surface area contributed by atoms with Crippen LogP contribution in [0.15, 0.2) is 66.7 Å². The van der Waals surface area contributed by atoms with E-state index < -0.39 is 8.32 Å². The van der Waals surface area contributed by atoms with Gasteiger partial charge in [-0.25, -0.2) is 0 Å². The minimum absolute atomic E-state index is 0.477. The van der Waals surface area contributed by atoms with Crippen LogP contribution < -0.4 is 19.2 Å². The molecule has 0 bridgehead atoms. The molecular formula is C30H41NO3Si. The van der Waals surface area contributed by atoms with Crippen LogP contribution in [0.2, 0.25) is 16.6 Å². The number of hydrogen-bond acceptors (Lipinski definition) is 4. The molecule has 3 aromatic carbocycles. The Kier molecular flexibility index (Phi) is 8.90. The quantitative estimate of drug-likeness (QED) is 0.272. The second-order valence-corrected chi connectivity index (χ2v) is 15.5. The van der Waals surface area contributed by atoms with E-state index in [0.717, 1.165) is 39.8 Å². The maximum atomic E-state index is 6.97. The van der Waals surface area contributed by atoms with Gasteiger partial charge in [0.2, 0.25) is 0 Å². The molecule has 0 fully saturated rings. The Labute approximate surface area is 212 Å². The Balaban J connectivity index is 1.88.